The second-order valence-corrected chi connectivity index (χ2v) is 9.51. The minimum absolute atomic E-state index is 0.192. The standard InChI is InChI=1S/C25H29N5O3S/c1-8-33-24(32)21-15(3)26-25-30(22(21)17-9-11-18(12-10-17)28(5)6)23(31)20(34-25)13-19-14(2)27-29(7)16(19)4/h9-13,22H,8H2,1-7H3/t22-/m0/s1. The molecule has 0 saturated heterocycles. The molecule has 3 aromatic rings. The maximum atomic E-state index is 13.7. The fourth-order valence-electron chi connectivity index (χ4n) is 4.19. The SMILES string of the molecule is CCOC(=O)C1=C(C)N=c2sc(=Cc3c(C)nn(C)c3C)c(=O)n2[C@H]1c1ccc(N(C)C)cc1. The summed E-state index contributed by atoms with van der Waals surface area (Å²) in [6.07, 6.45) is 1.87. The van der Waals surface area contributed by atoms with E-state index in [4.69, 9.17) is 4.74 Å². The number of nitrogens with zero attached hydrogens (tertiary/aromatic N) is 5. The number of fused-ring (bicyclic) bond motifs is 1. The predicted molar refractivity (Wildman–Crippen MR) is 134 cm³/mol. The molecule has 0 amide bonds. The van der Waals surface area contributed by atoms with Crippen LogP contribution >= 0.6 is 11.3 Å². The van der Waals surface area contributed by atoms with E-state index in [9.17, 15) is 9.59 Å². The molecule has 0 N–H and O–H groups in total. The Kier molecular flexibility index (Phi) is 6.31. The molecule has 0 unspecified atom stereocenters. The molecule has 0 aliphatic carbocycles. The lowest BCUT2D eigenvalue weighted by Gasteiger charge is -2.25. The summed E-state index contributed by atoms with van der Waals surface area (Å²) in [5, 5.41) is 4.46. The van der Waals surface area contributed by atoms with E-state index in [-0.39, 0.29) is 12.2 Å². The van der Waals surface area contributed by atoms with Crippen LogP contribution in [-0.2, 0) is 16.6 Å². The highest BCUT2D eigenvalue weighted by atomic mass is 32.1. The molecule has 4 rings (SSSR count). The van der Waals surface area contributed by atoms with Gasteiger partial charge in [0.05, 0.1) is 34.1 Å². The molecule has 0 radical (unpaired) electrons. The van der Waals surface area contributed by atoms with E-state index < -0.39 is 12.0 Å². The molecule has 0 bridgehead atoms. The van der Waals surface area contributed by atoms with E-state index in [1.165, 1.54) is 11.3 Å². The van der Waals surface area contributed by atoms with Crippen molar-refractivity contribution in [1.82, 2.24) is 14.3 Å². The van der Waals surface area contributed by atoms with E-state index in [2.05, 4.69) is 10.1 Å². The van der Waals surface area contributed by atoms with E-state index in [0.29, 0.717) is 20.6 Å². The molecule has 0 fully saturated rings. The Morgan fingerprint density at radius 3 is 2.44 bits per heavy atom. The van der Waals surface area contributed by atoms with Crippen molar-refractivity contribution in [3.63, 3.8) is 0 Å². The van der Waals surface area contributed by atoms with Crippen LogP contribution in [0.1, 0.15) is 42.4 Å². The molecule has 2 aromatic heterocycles. The van der Waals surface area contributed by atoms with Gasteiger partial charge in [0.25, 0.3) is 5.56 Å². The summed E-state index contributed by atoms with van der Waals surface area (Å²) < 4.78 is 9.32. The number of carbonyl (C=O) groups excluding carboxylic acids is 1. The lowest BCUT2D eigenvalue weighted by Crippen LogP contribution is -2.40. The third-order valence-electron chi connectivity index (χ3n) is 6.08. The normalized spacial score (nSPS) is 15.9. The number of anilines is 1. The smallest absolute Gasteiger partial charge is 0.338 e. The molecular weight excluding hydrogens is 450 g/mol. The second kappa shape index (κ2) is 9.06. The zero-order chi connectivity index (χ0) is 24.7. The van der Waals surface area contributed by atoms with Gasteiger partial charge in [0.15, 0.2) is 4.80 Å². The molecule has 9 heteroatoms. The Bertz CT molecular complexity index is 1470. The molecule has 0 saturated carbocycles. The molecule has 8 nitrogen and oxygen atoms in total. The fourth-order valence-corrected chi connectivity index (χ4v) is 5.22. The molecule has 1 aliphatic heterocycles. The first-order valence-corrected chi connectivity index (χ1v) is 11.9. The summed E-state index contributed by atoms with van der Waals surface area (Å²) in [5.74, 6) is -0.460. The number of hydrogen-bond acceptors (Lipinski definition) is 7. The van der Waals surface area contributed by atoms with Crippen molar-refractivity contribution in [2.24, 2.45) is 12.0 Å². The number of ether oxygens (including phenoxy) is 1. The number of esters is 1. The molecule has 1 aliphatic rings. The third kappa shape index (κ3) is 4.00. The Morgan fingerprint density at radius 1 is 1.21 bits per heavy atom. The van der Waals surface area contributed by atoms with Gasteiger partial charge in [0.1, 0.15) is 0 Å². The number of hydrogen-bond donors (Lipinski definition) is 0. The molecular formula is C25H29N5O3S. The van der Waals surface area contributed by atoms with Gasteiger partial charge in [-0.25, -0.2) is 9.79 Å². The molecule has 1 atom stereocenters. The summed E-state index contributed by atoms with van der Waals surface area (Å²) in [4.78, 5) is 33.9. The molecule has 3 heterocycles. The van der Waals surface area contributed by atoms with Crippen molar-refractivity contribution in [1.29, 1.82) is 0 Å². The van der Waals surface area contributed by atoms with Crippen molar-refractivity contribution in [2.75, 3.05) is 25.6 Å². The number of carbonyl (C=O) groups is 1. The lowest BCUT2D eigenvalue weighted by atomic mass is 9.95. The van der Waals surface area contributed by atoms with Gasteiger partial charge in [-0.2, -0.15) is 5.10 Å². The summed E-state index contributed by atoms with van der Waals surface area (Å²) in [5.41, 5.74) is 5.34. The van der Waals surface area contributed by atoms with Crippen LogP contribution in [0.5, 0.6) is 0 Å². The van der Waals surface area contributed by atoms with Crippen LogP contribution in [-0.4, -0.2) is 41.0 Å². The van der Waals surface area contributed by atoms with Crippen LogP contribution in [0.3, 0.4) is 0 Å². The molecule has 178 valence electrons. The van der Waals surface area contributed by atoms with Gasteiger partial charge < -0.3 is 9.64 Å². The molecule has 34 heavy (non-hydrogen) atoms. The minimum atomic E-state index is -0.621. The predicted octanol–water partition coefficient (Wildman–Crippen LogP) is 2.21. The van der Waals surface area contributed by atoms with Gasteiger partial charge in [0.2, 0.25) is 0 Å². The van der Waals surface area contributed by atoms with Gasteiger partial charge in [0, 0.05) is 38.1 Å². The van der Waals surface area contributed by atoms with Gasteiger partial charge >= 0.3 is 5.97 Å². The van der Waals surface area contributed by atoms with Crippen LogP contribution in [0.2, 0.25) is 0 Å². The van der Waals surface area contributed by atoms with E-state index in [1.807, 2.05) is 70.2 Å². The van der Waals surface area contributed by atoms with Crippen molar-refractivity contribution < 1.29 is 9.53 Å². The summed E-state index contributed by atoms with van der Waals surface area (Å²) in [6, 6.07) is 7.23. The average Bonchev–Trinajstić information content (AvgIpc) is 3.22. The number of aromatic nitrogens is 3. The van der Waals surface area contributed by atoms with Crippen molar-refractivity contribution in [3.05, 3.63) is 77.7 Å². The Balaban J connectivity index is 1.96. The second-order valence-electron chi connectivity index (χ2n) is 8.50. The van der Waals surface area contributed by atoms with Crippen LogP contribution in [0.4, 0.5) is 5.69 Å². The molecule has 0 spiro atoms. The minimum Gasteiger partial charge on any atom is -0.463 e. The Hall–Kier alpha value is -3.46. The van der Waals surface area contributed by atoms with Crippen LogP contribution < -0.4 is 19.8 Å². The highest BCUT2D eigenvalue weighted by Crippen LogP contribution is 2.31. The maximum Gasteiger partial charge on any atom is 0.338 e. The largest absolute Gasteiger partial charge is 0.463 e. The number of allylic oxidation sites excluding steroid dienone is 1. The monoisotopic (exact) mass is 479 g/mol. The van der Waals surface area contributed by atoms with Gasteiger partial charge in [-0.15, -0.1) is 0 Å². The Labute approximate surface area is 202 Å². The van der Waals surface area contributed by atoms with Crippen molar-refractivity contribution >= 4 is 29.1 Å². The number of benzene rings is 1. The van der Waals surface area contributed by atoms with Crippen LogP contribution in [0.15, 0.2) is 45.3 Å². The molecule has 1 aromatic carbocycles. The number of aryl methyl sites for hydroxylation is 2. The van der Waals surface area contributed by atoms with Gasteiger partial charge in [-0.3, -0.25) is 14.0 Å². The van der Waals surface area contributed by atoms with E-state index in [0.717, 1.165) is 28.2 Å². The van der Waals surface area contributed by atoms with Crippen molar-refractivity contribution in [3.8, 4) is 0 Å². The number of thiazole rings is 1. The first kappa shape index (κ1) is 23.7. The fraction of sp³-hybridized carbons (Fsp3) is 0.360. The highest BCUT2D eigenvalue weighted by Gasteiger charge is 2.33. The number of rotatable bonds is 5. The third-order valence-corrected chi connectivity index (χ3v) is 7.07. The van der Waals surface area contributed by atoms with E-state index in [1.54, 1.807) is 23.1 Å². The average molecular weight is 480 g/mol. The summed E-state index contributed by atoms with van der Waals surface area (Å²) >= 11 is 1.32. The maximum absolute atomic E-state index is 13.7. The zero-order valence-electron chi connectivity index (χ0n) is 20.5. The first-order valence-electron chi connectivity index (χ1n) is 11.1. The van der Waals surface area contributed by atoms with E-state index >= 15 is 0 Å². The van der Waals surface area contributed by atoms with Gasteiger partial charge in [-0.1, -0.05) is 23.5 Å². The van der Waals surface area contributed by atoms with Crippen LogP contribution in [0, 0.1) is 13.8 Å². The Morgan fingerprint density at radius 2 is 1.88 bits per heavy atom. The topological polar surface area (TPSA) is 81.7 Å². The first-order chi connectivity index (χ1) is 16.1. The van der Waals surface area contributed by atoms with Crippen molar-refractivity contribution in [2.45, 2.75) is 33.7 Å². The van der Waals surface area contributed by atoms with Gasteiger partial charge in [-0.05, 0) is 51.5 Å². The highest BCUT2D eigenvalue weighted by molar-refractivity contribution is 7.07. The quantitative estimate of drug-likeness (QED) is 0.524. The zero-order valence-corrected chi connectivity index (χ0v) is 21.4. The lowest BCUT2D eigenvalue weighted by molar-refractivity contribution is -0.139. The van der Waals surface area contributed by atoms with Crippen LogP contribution in [0.25, 0.3) is 6.08 Å². The summed E-state index contributed by atoms with van der Waals surface area (Å²) in [6.45, 7) is 7.70. The summed E-state index contributed by atoms with van der Waals surface area (Å²) in [7, 11) is 5.82.